The number of aromatic hydroxyl groups is 1. The molecule has 0 aliphatic rings. The number of nitrogens with zero attached hydrogens (tertiary/aromatic N) is 3. The number of phenols is 1. The molecule has 88 valence electrons. The summed E-state index contributed by atoms with van der Waals surface area (Å²) in [5.74, 6) is 0.735. The van der Waals surface area contributed by atoms with Crippen molar-refractivity contribution in [3.63, 3.8) is 0 Å². The van der Waals surface area contributed by atoms with E-state index in [9.17, 15) is 5.11 Å². The van der Waals surface area contributed by atoms with Crippen LogP contribution in [0.5, 0.6) is 5.75 Å². The highest BCUT2D eigenvalue weighted by atomic mass is 35.5. The minimum absolute atomic E-state index is 0.103. The van der Waals surface area contributed by atoms with Crippen molar-refractivity contribution in [2.45, 2.75) is 6.92 Å². The average Bonchev–Trinajstić information content (AvgIpc) is 2.61. The molecule has 1 aromatic carbocycles. The molecule has 0 atom stereocenters. The van der Waals surface area contributed by atoms with Crippen LogP contribution in [0.1, 0.15) is 11.4 Å². The number of aromatic amines is 1. The van der Waals surface area contributed by atoms with Crippen LogP contribution < -0.4 is 0 Å². The first-order chi connectivity index (χ1) is 8.08. The molecule has 0 aliphatic heterocycles. The van der Waals surface area contributed by atoms with Gasteiger partial charge in [0.15, 0.2) is 0 Å². The van der Waals surface area contributed by atoms with Crippen LogP contribution in [0.2, 0.25) is 5.02 Å². The second-order valence-electron chi connectivity index (χ2n) is 3.34. The van der Waals surface area contributed by atoms with Gasteiger partial charge in [-0.15, -0.1) is 0 Å². The number of nitrogens with one attached hydrogen (secondary N) is 1. The van der Waals surface area contributed by atoms with Crippen LogP contribution in [0.15, 0.2) is 23.3 Å². The molecule has 0 unspecified atom stereocenters. The highest BCUT2D eigenvalue weighted by Gasteiger charge is 2.01. The first kappa shape index (κ1) is 11.8. The summed E-state index contributed by atoms with van der Waals surface area (Å²) in [5, 5.41) is 20.8. The summed E-state index contributed by atoms with van der Waals surface area (Å²) >= 11 is 10.8. The van der Waals surface area contributed by atoms with Crippen molar-refractivity contribution in [3.8, 4) is 5.75 Å². The first-order valence-electron chi connectivity index (χ1n) is 4.75. The molecule has 0 saturated carbocycles. The fourth-order valence-electron chi connectivity index (χ4n) is 1.26. The normalized spacial score (nSPS) is 11.2. The zero-order valence-electron chi connectivity index (χ0n) is 8.88. The molecule has 1 heterocycles. The van der Waals surface area contributed by atoms with Crippen molar-refractivity contribution in [1.29, 1.82) is 0 Å². The number of halogens is 1. The highest BCUT2D eigenvalue weighted by Crippen LogP contribution is 2.19. The van der Waals surface area contributed by atoms with E-state index in [-0.39, 0.29) is 5.75 Å². The summed E-state index contributed by atoms with van der Waals surface area (Å²) in [6.07, 6.45) is 1.47. The number of aryl methyl sites for hydroxylation is 1. The quantitative estimate of drug-likeness (QED) is 0.650. The topological polar surface area (TPSA) is 66.2 Å². The number of hydrogen-bond acceptors (Lipinski definition) is 4. The largest absolute Gasteiger partial charge is 0.507 e. The van der Waals surface area contributed by atoms with E-state index in [1.807, 2.05) is 0 Å². The minimum Gasteiger partial charge on any atom is -0.507 e. The number of rotatable bonds is 2. The van der Waals surface area contributed by atoms with Gasteiger partial charge in [0, 0.05) is 10.6 Å². The number of aromatic nitrogens is 3. The SMILES string of the molecule is Cc1n[nH]c(=S)n1/N=C/c1cc(Cl)ccc1O. The molecular weight excluding hydrogens is 260 g/mol. The van der Waals surface area contributed by atoms with Crippen LogP contribution in [0.3, 0.4) is 0 Å². The Kier molecular flexibility index (Phi) is 3.26. The van der Waals surface area contributed by atoms with Crippen molar-refractivity contribution in [2.24, 2.45) is 5.10 Å². The Morgan fingerprint density at radius 3 is 3.00 bits per heavy atom. The molecule has 2 N–H and O–H groups in total. The van der Waals surface area contributed by atoms with Gasteiger partial charge in [-0.05, 0) is 37.3 Å². The van der Waals surface area contributed by atoms with Crippen LogP contribution in [-0.2, 0) is 0 Å². The molecule has 0 fully saturated rings. The third kappa shape index (κ3) is 2.54. The van der Waals surface area contributed by atoms with Gasteiger partial charge in [0.2, 0.25) is 4.77 Å². The summed E-state index contributed by atoms with van der Waals surface area (Å²) in [4.78, 5) is 0. The van der Waals surface area contributed by atoms with Gasteiger partial charge >= 0.3 is 0 Å². The molecular formula is C10H9ClN4OS. The Labute approximate surface area is 107 Å². The molecule has 2 aromatic rings. The van der Waals surface area contributed by atoms with Crippen molar-refractivity contribution >= 4 is 30.0 Å². The van der Waals surface area contributed by atoms with Gasteiger partial charge in [-0.2, -0.15) is 14.9 Å². The Hall–Kier alpha value is -1.66. The standard InChI is InChI=1S/C10H9ClN4OS/c1-6-13-14-10(17)15(6)12-5-7-4-8(11)2-3-9(7)16/h2-5,16H,1H3,(H,14,17)/b12-5+. The molecule has 2 rings (SSSR count). The van der Waals surface area contributed by atoms with E-state index in [4.69, 9.17) is 23.8 Å². The molecule has 5 nitrogen and oxygen atoms in total. The minimum atomic E-state index is 0.103. The molecule has 0 radical (unpaired) electrons. The molecule has 0 amide bonds. The summed E-state index contributed by atoms with van der Waals surface area (Å²) in [6, 6.07) is 4.72. The molecule has 1 aromatic heterocycles. The third-order valence-corrected chi connectivity index (χ3v) is 2.61. The summed E-state index contributed by atoms with van der Waals surface area (Å²) in [5.41, 5.74) is 0.514. The Morgan fingerprint density at radius 2 is 2.35 bits per heavy atom. The maximum absolute atomic E-state index is 9.59. The Bertz CT molecular complexity index is 631. The van der Waals surface area contributed by atoms with Crippen molar-refractivity contribution in [2.75, 3.05) is 0 Å². The fraction of sp³-hybridized carbons (Fsp3) is 0.100. The van der Waals surface area contributed by atoms with E-state index in [1.165, 1.54) is 17.0 Å². The van der Waals surface area contributed by atoms with Crippen LogP contribution in [-0.4, -0.2) is 26.2 Å². The van der Waals surface area contributed by atoms with Gasteiger partial charge in [0.25, 0.3) is 0 Å². The Morgan fingerprint density at radius 1 is 1.59 bits per heavy atom. The van der Waals surface area contributed by atoms with Gasteiger partial charge in [0.1, 0.15) is 11.6 Å². The van der Waals surface area contributed by atoms with E-state index in [1.54, 1.807) is 19.1 Å². The smallest absolute Gasteiger partial charge is 0.216 e. The van der Waals surface area contributed by atoms with Gasteiger partial charge in [-0.3, -0.25) is 5.10 Å². The predicted octanol–water partition coefficient (Wildman–Crippen LogP) is 2.49. The van der Waals surface area contributed by atoms with Gasteiger partial charge < -0.3 is 5.11 Å². The van der Waals surface area contributed by atoms with Crippen molar-refractivity contribution in [1.82, 2.24) is 14.9 Å². The first-order valence-corrected chi connectivity index (χ1v) is 5.53. The van der Waals surface area contributed by atoms with Gasteiger partial charge in [-0.25, -0.2) is 0 Å². The van der Waals surface area contributed by atoms with E-state index in [0.29, 0.717) is 21.2 Å². The van der Waals surface area contributed by atoms with Crippen LogP contribution >= 0.6 is 23.8 Å². The molecule has 17 heavy (non-hydrogen) atoms. The Balaban J connectivity index is 2.39. The van der Waals surface area contributed by atoms with Crippen LogP contribution in [0.25, 0.3) is 0 Å². The second-order valence-corrected chi connectivity index (χ2v) is 4.16. The molecule has 0 bridgehead atoms. The number of benzene rings is 1. The molecule has 0 spiro atoms. The van der Waals surface area contributed by atoms with Crippen molar-refractivity contribution in [3.05, 3.63) is 39.4 Å². The summed E-state index contributed by atoms with van der Waals surface area (Å²) in [7, 11) is 0. The van der Waals surface area contributed by atoms with E-state index in [0.717, 1.165) is 0 Å². The number of H-pyrrole nitrogens is 1. The van der Waals surface area contributed by atoms with Gasteiger partial charge in [-0.1, -0.05) is 11.6 Å². The number of phenolic OH excluding ortho intramolecular Hbond substituents is 1. The lowest BCUT2D eigenvalue weighted by molar-refractivity contribution is 0.474. The van der Waals surface area contributed by atoms with E-state index >= 15 is 0 Å². The maximum atomic E-state index is 9.59. The molecule has 7 heteroatoms. The molecule has 0 aliphatic carbocycles. The lowest BCUT2D eigenvalue weighted by Crippen LogP contribution is -1.94. The average molecular weight is 269 g/mol. The summed E-state index contributed by atoms with van der Waals surface area (Å²) in [6.45, 7) is 1.77. The zero-order valence-corrected chi connectivity index (χ0v) is 10.5. The van der Waals surface area contributed by atoms with E-state index < -0.39 is 0 Å². The summed E-state index contributed by atoms with van der Waals surface area (Å²) < 4.78 is 1.84. The van der Waals surface area contributed by atoms with Crippen LogP contribution in [0, 0.1) is 11.7 Å². The zero-order chi connectivity index (χ0) is 12.4. The third-order valence-electron chi connectivity index (χ3n) is 2.11. The van der Waals surface area contributed by atoms with Crippen LogP contribution in [0.4, 0.5) is 0 Å². The lowest BCUT2D eigenvalue weighted by Gasteiger charge is -1.99. The van der Waals surface area contributed by atoms with E-state index in [2.05, 4.69) is 15.3 Å². The monoisotopic (exact) mass is 268 g/mol. The maximum Gasteiger partial charge on any atom is 0.216 e. The lowest BCUT2D eigenvalue weighted by atomic mass is 10.2. The second kappa shape index (κ2) is 4.68. The highest BCUT2D eigenvalue weighted by molar-refractivity contribution is 7.71. The fourth-order valence-corrected chi connectivity index (χ4v) is 1.66. The van der Waals surface area contributed by atoms with Gasteiger partial charge in [0.05, 0.1) is 6.21 Å². The molecule has 0 saturated heterocycles. The predicted molar refractivity (Wildman–Crippen MR) is 68.3 cm³/mol. The van der Waals surface area contributed by atoms with Crippen molar-refractivity contribution < 1.29 is 5.11 Å². The number of hydrogen-bond donors (Lipinski definition) is 2.